The zero-order valence-electron chi connectivity index (χ0n) is 13.6. The van der Waals surface area contributed by atoms with Crippen molar-refractivity contribution in [2.45, 2.75) is 49.9 Å². The van der Waals surface area contributed by atoms with Crippen LogP contribution in [0.3, 0.4) is 0 Å². The van der Waals surface area contributed by atoms with Gasteiger partial charge in [0.1, 0.15) is 5.82 Å². The SMILES string of the molecule is NC1(C(=O)NC2CCN(c3ncc(C(F)(F)F)cc3Cl)C2)CCCC1. The summed E-state index contributed by atoms with van der Waals surface area (Å²) in [5, 5.41) is 2.91. The fraction of sp³-hybridized carbons (Fsp3) is 0.625. The minimum atomic E-state index is -4.48. The first-order valence-electron chi connectivity index (χ1n) is 8.26. The number of hydrogen-bond donors (Lipinski definition) is 2. The molecule has 138 valence electrons. The Morgan fingerprint density at radius 3 is 2.68 bits per heavy atom. The summed E-state index contributed by atoms with van der Waals surface area (Å²) >= 11 is 5.98. The molecule has 5 nitrogen and oxygen atoms in total. The van der Waals surface area contributed by atoms with Crippen molar-refractivity contribution in [3.63, 3.8) is 0 Å². The van der Waals surface area contributed by atoms with E-state index in [2.05, 4.69) is 10.3 Å². The molecule has 1 aromatic rings. The van der Waals surface area contributed by atoms with Crippen LogP contribution in [0.25, 0.3) is 0 Å². The molecule has 0 spiro atoms. The minimum Gasteiger partial charge on any atom is -0.353 e. The molecular weight excluding hydrogens is 357 g/mol. The number of nitrogens with zero attached hydrogens (tertiary/aromatic N) is 2. The van der Waals surface area contributed by atoms with Crippen LogP contribution in [0.2, 0.25) is 5.02 Å². The maximum absolute atomic E-state index is 12.7. The summed E-state index contributed by atoms with van der Waals surface area (Å²) in [5.41, 5.74) is 4.47. The van der Waals surface area contributed by atoms with Crippen molar-refractivity contribution in [2.75, 3.05) is 18.0 Å². The van der Waals surface area contributed by atoms with Gasteiger partial charge >= 0.3 is 6.18 Å². The predicted molar refractivity (Wildman–Crippen MR) is 88.4 cm³/mol. The van der Waals surface area contributed by atoms with Crippen LogP contribution < -0.4 is 16.0 Å². The Morgan fingerprint density at radius 2 is 2.08 bits per heavy atom. The van der Waals surface area contributed by atoms with Crippen LogP contribution in [0.4, 0.5) is 19.0 Å². The highest BCUT2D eigenvalue weighted by Gasteiger charge is 2.39. The molecule has 1 atom stereocenters. The molecular formula is C16H20ClF3N4O. The summed E-state index contributed by atoms with van der Waals surface area (Å²) in [6.45, 7) is 1.00. The van der Waals surface area contributed by atoms with Gasteiger partial charge in [-0.3, -0.25) is 4.79 Å². The topological polar surface area (TPSA) is 71.2 Å². The Morgan fingerprint density at radius 1 is 1.40 bits per heavy atom. The first kappa shape index (κ1) is 18.3. The smallest absolute Gasteiger partial charge is 0.353 e. The predicted octanol–water partition coefficient (Wildman–Crippen LogP) is 2.72. The monoisotopic (exact) mass is 376 g/mol. The molecule has 1 amide bonds. The molecule has 2 aliphatic rings. The lowest BCUT2D eigenvalue weighted by Gasteiger charge is -2.25. The van der Waals surface area contributed by atoms with E-state index in [1.165, 1.54) is 0 Å². The molecule has 1 aliphatic carbocycles. The second kappa shape index (κ2) is 6.64. The van der Waals surface area contributed by atoms with Crippen molar-refractivity contribution in [3.05, 3.63) is 22.8 Å². The number of aromatic nitrogens is 1. The van der Waals surface area contributed by atoms with Gasteiger partial charge in [0.25, 0.3) is 0 Å². The molecule has 1 unspecified atom stereocenters. The molecule has 3 rings (SSSR count). The number of hydrogen-bond acceptors (Lipinski definition) is 4. The van der Waals surface area contributed by atoms with Gasteiger partial charge in [-0.2, -0.15) is 13.2 Å². The van der Waals surface area contributed by atoms with E-state index < -0.39 is 17.3 Å². The van der Waals surface area contributed by atoms with Crippen LogP contribution >= 0.6 is 11.6 Å². The molecule has 2 fully saturated rings. The third-order valence-electron chi connectivity index (χ3n) is 4.92. The van der Waals surface area contributed by atoms with E-state index in [1.807, 2.05) is 0 Å². The summed E-state index contributed by atoms with van der Waals surface area (Å²) in [7, 11) is 0. The molecule has 1 saturated heterocycles. The second-order valence-electron chi connectivity index (χ2n) is 6.80. The van der Waals surface area contributed by atoms with Crippen molar-refractivity contribution >= 4 is 23.3 Å². The van der Waals surface area contributed by atoms with Gasteiger partial charge in [-0.15, -0.1) is 0 Å². The van der Waals surface area contributed by atoms with Crippen LogP contribution in [0, 0.1) is 0 Å². The molecule has 0 bridgehead atoms. The number of halogens is 4. The summed E-state index contributed by atoms with van der Waals surface area (Å²) < 4.78 is 38.1. The largest absolute Gasteiger partial charge is 0.417 e. The van der Waals surface area contributed by atoms with Gasteiger partial charge in [0.15, 0.2) is 0 Å². The Balaban J connectivity index is 1.64. The molecule has 1 saturated carbocycles. The number of carbonyl (C=O) groups excluding carboxylic acids is 1. The van der Waals surface area contributed by atoms with Crippen LogP contribution in [0.1, 0.15) is 37.7 Å². The van der Waals surface area contributed by atoms with Gasteiger partial charge < -0.3 is 16.0 Å². The molecule has 25 heavy (non-hydrogen) atoms. The summed E-state index contributed by atoms with van der Waals surface area (Å²) in [5.74, 6) is 0.151. The van der Waals surface area contributed by atoms with Crippen molar-refractivity contribution in [1.29, 1.82) is 0 Å². The zero-order chi connectivity index (χ0) is 18.2. The van der Waals surface area contributed by atoms with Gasteiger partial charge in [0.05, 0.1) is 16.1 Å². The normalized spacial score (nSPS) is 23.1. The van der Waals surface area contributed by atoms with E-state index in [9.17, 15) is 18.0 Å². The van der Waals surface area contributed by atoms with Gasteiger partial charge in [-0.1, -0.05) is 24.4 Å². The number of rotatable bonds is 3. The van der Waals surface area contributed by atoms with Gasteiger partial charge in [0, 0.05) is 25.3 Å². The summed E-state index contributed by atoms with van der Waals surface area (Å²) in [4.78, 5) is 18.0. The molecule has 1 aliphatic heterocycles. The average molecular weight is 377 g/mol. The van der Waals surface area contributed by atoms with Gasteiger partial charge in [0.2, 0.25) is 5.91 Å². The summed E-state index contributed by atoms with van der Waals surface area (Å²) in [6.07, 6.45) is 0.232. The first-order valence-corrected chi connectivity index (χ1v) is 8.64. The first-order chi connectivity index (χ1) is 11.7. The number of nitrogens with one attached hydrogen (secondary N) is 1. The van der Waals surface area contributed by atoms with E-state index in [-0.39, 0.29) is 17.0 Å². The van der Waals surface area contributed by atoms with Crippen LogP contribution in [-0.2, 0) is 11.0 Å². The maximum Gasteiger partial charge on any atom is 0.417 e. The van der Waals surface area contributed by atoms with Crippen LogP contribution in [0.5, 0.6) is 0 Å². The second-order valence-corrected chi connectivity index (χ2v) is 7.20. The molecule has 1 aromatic heterocycles. The molecule has 0 radical (unpaired) electrons. The fourth-order valence-corrected chi connectivity index (χ4v) is 3.74. The Bertz CT molecular complexity index is 661. The number of carbonyl (C=O) groups is 1. The Hall–Kier alpha value is -1.54. The number of anilines is 1. The van der Waals surface area contributed by atoms with Crippen molar-refractivity contribution < 1.29 is 18.0 Å². The molecule has 0 aromatic carbocycles. The Labute approximate surface area is 148 Å². The van der Waals surface area contributed by atoms with E-state index >= 15 is 0 Å². The average Bonchev–Trinajstić information content (AvgIpc) is 3.16. The molecule has 9 heteroatoms. The lowest BCUT2D eigenvalue weighted by molar-refractivity contribution is -0.137. The Kier molecular flexibility index (Phi) is 4.85. The van der Waals surface area contributed by atoms with Crippen LogP contribution in [-0.4, -0.2) is 35.6 Å². The number of nitrogens with two attached hydrogens (primary N) is 1. The van der Waals surface area contributed by atoms with E-state index in [4.69, 9.17) is 17.3 Å². The third-order valence-corrected chi connectivity index (χ3v) is 5.20. The van der Waals surface area contributed by atoms with Crippen molar-refractivity contribution in [3.8, 4) is 0 Å². The highest BCUT2D eigenvalue weighted by molar-refractivity contribution is 6.33. The van der Waals surface area contributed by atoms with Crippen LogP contribution in [0.15, 0.2) is 12.3 Å². The fourth-order valence-electron chi connectivity index (χ4n) is 3.45. The van der Waals surface area contributed by atoms with Gasteiger partial charge in [-0.25, -0.2) is 4.98 Å². The summed E-state index contributed by atoms with van der Waals surface area (Å²) in [6, 6.07) is 0.761. The van der Waals surface area contributed by atoms with Crippen molar-refractivity contribution in [2.24, 2.45) is 5.73 Å². The van der Waals surface area contributed by atoms with Crippen molar-refractivity contribution in [1.82, 2.24) is 10.3 Å². The zero-order valence-corrected chi connectivity index (χ0v) is 14.3. The minimum absolute atomic E-state index is 0.0483. The highest BCUT2D eigenvalue weighted by atomic mass is 35.5. The third kappa shape index (κ3) is 3.84. The maximum atomic E-state index is 12.7. The lowest BCUT2D eigenvalue weighted by Crippen LogP contribution is -2.54. The molecule has 2 heterocycles. The van der Waals surface area contributed by atoms with E-state index in [0.29, 0.717) is 38.2 Å². The standard InChI is InChI=1S/C16H20ClF3N4O/c17-12-7-10(16(18,19)20)8-22-13(12)24-6-3-11(9-24)23-14(25)15(21)4-1-2-5-15/h7-8,11H,1-6,9,21H2,(H,23,25). The highest BCUT2D eigenvalue weighted by Crippen LogP contribution is 2.34. The number of pyridine rings is 1. The van der Waals surface area contributed by atoms with E-state index in [0.717, 1.165) is 25.1 Å². The number of alkyl halides is 3. The van der Waals surface area contributed by atoms with Gasteiger partial charge in [-0.05, 0) is 25.3 Å². The van der Waals surface area contributed by atoms with E-state index in [1.54, 1.807) is 4.90 Å². The number of amides is 1. The lowest BCUT2D eigenvalue weighted by atomic mass is 9.97. The quantitative estimate of drug-likeness (QED) is 0.851. The molecule has 3 N–H and O–H groups in total.